The van der Waals surface area contributed by atoms with E-state index in [0.717, 1.165) is 5.82 Å². The number of aliphatic hydroxyl groups is 1. The number of aliphatic hydroxyl groups excluding tert-OH is 1. The van der Waals surface area contributed by atoms with Crippen molar-refractivity contribution in [2.45, 2.75) is 19.5 Å². The van der Waals surface area contributed by atoms with Crippen LogP contribution in [0.25, 0.3) is 0 Å². The zero-order valence-corrected chi connectivity index (χ0v) is 11.8. The van der Waals surface area contributed by atoms with Crippen LogP contribution in [0.5, 0.6) is 0 Å². The standard InChI is InChI=1S/C13H22N4O2/c1-10-14-4-5-16(10)8-13(19)17-6-11(9-18)12(7-17)15(2)3/h4-5,11-12,18H,6-9H2,1-3H3/t11-,12+/m0/s1. The summed E-state index contributed by atoms with van der Waals surface area (Å²) in [6.45, 7) is 3.65. The molecule has 2 heterocycles. The van der Waals surface area contributed by atoms with E-state index in [9.17, 15) is 9.90 Å². The molecule has 19 heavy (non-hydrogen) atoms. The van der Waals surface area contributed by atoms with Crippen LogP contribution in [0, 0.1) is 12.8 Å². The van der Waals surface area contributed by atoms with E-state index in [1.807, 2.05) is 36.7 Å². The largest absolute Gasteiger partial charge is 0.396 e. The van der Waals surface area contributed by atoms with Gasteiger partial charge in [-0.3, -0.25) is 4.79 Å². The van der Waals surface area contributed by atoms with Crippen molar-refractivity contribution in [3.63, 3.8) is 0 Å². The van der Waals surface area contributed by atoms with Crippen molar-refractivity contribution >= 4 is 5.91 Å². The molecule has 0 aliphatic carbocycles. The highest BCUT2D eigenvalue weighted by Gasteiger charge is 2.35. The molecular weight excluding hydrogens is 244 g/mol. The zero-order valence-electron chi connectivity index (χ0n) is 11.8. The Balaban J connectivity index is 1.99. The van der Waals surface area contributed by atoms with Crippen molar-refractivity contribution in [2.75, 3.05) is 33.8 Å². The number of hydrogen-bond donors (Lipinski definition) is 1. The van der Waals surface area contributed by atoms with Crippen LogP contribution in [0.2, 0.25) is 0 Å². The lowest BCUT2D eigenvalue weighted by atomic mass is 10.0. The lowest BCUT2D eigenvalue weighted by Gasteiger charge is -2.23. The van der Waals surface area contributed by atoms with Gasteiger partial charge in [-0.05, 0) is 21.0 Å². The van der Waals surface area contributed by atoms with Crippen molar-refractivity contribution in [2.24, 2.45) is 5.92 Å². The minimum atomic E-state index is 0.0869. The van der Waals surface area contributed by atoms with Crippen molar-refractivity contribution < 1.29 is 9.90 Å². The number of hydrogen-bond acceptors (Lipinski definition) is 4. The first-order valence-corrected chi connectivity index (χ1v) is 6.55. The highest BCUT2D eigenvalue weighted by atomic mass is 16.3. The Morgan fingerprint density at radius 1 is 1.53 bits per heavy atom. The molecule has 1 amide bonds. The van der Waals surface area contributed by atoms with Crippen LogP contribution in [-0.2, 0) is 11.3 Å². The van der Waals surface area contributed by atoms with Gasteiger partial charge in [-0.2, -0.15) is 0 Å². The van der Waals surface area contributed by atoms with Crippen LogP contribution in [0.3, 0.4) is 0 Å². The summed E-state index contributed by atoms with van der Waals surface area (Å²) in [4.78, 5) is 20.3. The predicted molar refractivity (Wildman–Crippen MR) is 71.6 cm³/mol. The molecule has 6 nitrogen and oxygen atoms in total. The van der Waals surface area contributed by atoms with Gasteiger partial charge in [0, 0.05) is 44.0 Å². The van der Waals surface area contributed by atoms with Crippen LogP contribution in [0.1, 0.15) is 5.82 Å². The van der Waals surface area contributed by atoms with Gasteiger partial charge in [-0.25, -0.2) is 4.98 Å². The van der Waals surface area contributed by atoms with Gasteiger partial charge >= 0.3 is 0 Å². The quantitative estimate of drug-likeness (QED) is 0.803. The van der Waals surface area contributed by atoms with Gasteiger partial charge in [-0.15, -0.1) is 0 Å². The Morgan fingerprint density at radius 3 is 2.74 bits per heavy atom. The number of carbonyl (C=O) groups is 1. The number of aromatic nitrogens is 2. The number of carbonyl (C=O) groups excluding carboxylic acids is 1. The second kappa shape index (κ2) is 5.71. The van der Waals surface area contributed by atoms with Crippen LogP contribution in [0.4, 0.5) is 0 Å². The third-order valence-corrected chi connectivity index (χ3v) is 3.89. The molecule has 1 aromatic heterocycles. The summed E-state index contributed by atoms with van der Waals surface area (Å²) >= 11 is 0. The summed E-state index contributed by atoms with van der Waals surface area (Å²) in [7, 11) is 3.97. The van der Waals surface area contributed by atoms with Crippen LogP contribution in [-0.4, -0.2) is 70.2 Å². The van der Waals surface area contributed by atoms with E-state index in [2.05, 4.69) is 9.88 Å². The Labute approximate surface area is 113 Å². The average molecular weight is 266 g/mol. The molecule has 2 rings (SSSR count). The van der Waals surface area contributed by atoms with Gasteiger partial charge < -0.3 is 19.5 Å². The monoisotopic (exact) mass is 266 g/mol. The summed E-state index contributed by atoms with van der Waals surface area (Å²) in [5.41, 5.74) is 0. The summed E-state index contributed by atoms with van der Waals surface area (Å²) in [5, 5.41) is 9.41. The van der Waals surface area contributed by atoms with E-state index in [0.29, 0.717) is 19.6 Å². The maximum Gasteiger partial charge on any atom is 0.242 e. The van der Waals surface area contributed by atoms with Crippen LogP contribution < -0.4 is 0 Å². The molecule has 1 aromatic rings. The van der Waals surface area contributed by atoms with Crippen molar-refractivity contribution in [3.05, 3.63) is 18.2 Å². The number of amides is 1. The molecule has 0 radical (unpaired) electrons. The second-order valence-electron chi connectivity index (χ2n) is 5.37. The van der Waals surface area contributed by atoms with Crippen molar-refractivity contribution in [1.29, 1.82) is 0 Å². The third kappa shape index (κ3) is 2.96. The summed E-state index contributed by atoms with van der Waals surface area (Å²) in [6.07, 6.45) is 3.52. The molecule has 1 N–H and O–H groups in total. The number of likely N-dealkylation sites (N-methyl/N-ethyl adjacent to an activating group) is 1. The van der Waals surface area contributed by atoms with Gasteiger partial charge in [0.2, 0.25) is 5.91 Å². The molecule has 106 valence electrons. The smallest absolute Gasteiger partial charge is 0.242 e. The molecule has 1 fully saturated rings. The minimum absolute atomic E-state index is 0.0869. The third-order valence-electron chi connectivity index (χ3n) is 3.89. The summed E-state index contributed by atoms with van der Waals surface area (Å²) in [6, 6.07) is 0.234. The SMILES string of the molecule is Cc1nccn1CC(=O)N1C[C@@H](CO)[C@H](N(C)C)C1. The van der Waals surface area contributed by atoms with Gasteiger partial charge in [0.05, 0.1) is 0 Å². The van der Waals surface area contributed by atoms with Crippen molar-refractivity contribution in [3.8, 4) is 0 Å². The van der Waals surface area contributed by atoms with E-state index in [1.165, 1.54) is 0 Å². The van der Waals surface area contributed by atoms with Gasteiger partial charge in [-0.1, -0.05) is 0 Å². The van der Waals surface area contributed by atoms with E-state index >= 15 is 0 Å². The molecule has 1 saturated heterocycles. The molecule has 0 unspecified atom stereocenters. The minimum Gasteiger partial charge on any atom is -0.396 e. The zero-order chi connectivity index (χ0) is 14.0. The summed E-state index contributed by atoms with van der Waals surface area (Å²) < 4.78 is 1.85. The second-order valence-corrected chi connectivity index (χ2v) is 5.37. The molecular formula is C13H22N4O2. The first kappa shape index (κ1) is 14.0. The van der Waals surface area contributed by atoms with E-state index in [-0.39, 0.29) is 24.5 Å². The van der Waals surface area contributed by atoms with E-state index < -0.39 is 0 Å². The van der Waals surface area contributed by atoms with Gasteiger partial charge in [0.25, 0.3) is 0 Å². The van der Waals surface area contributed by atoms with E-state index in [1.54, 1.807) is 6.20 Å². The topological polar surface area (TPSA) is 61.6 Å². The molecule has 6 heteroatoms. The molecule has 0 saturated carbocycles. The molecule has 1 aliphatic rings. The molecule has 2 atom stereocenters. The number of rotatable bonds is 4. The molecule has 0 spiro atoms. The van der Waals surface area contributed by atoms with Gasteiger partial charge in [0.1, 0.15) is 12.4 Å². The normalized spacial score (nSPS) is 23.3. The Morgan fingerprint density at radius 2 is 2.26 bits per heavy atom. The van der Waals surface area contributed by atoms with E-state index in [4.69, 9.17) is 0 Å². The van der Waals surface area contributed by atoms with Gasteiger partial charge in [0.15, 0.2) is 0 Å². The first-order chi connectivity index (χ1) is 9.02. The maximum absolute atomic E-state index is 12.3. The van der Waals surface area contributed by atoms with Crippen LogP contribution >= 0.6 is 0 Å². The molecule has 0 bridgehead atoms. The van der Waals surface area contributed by atoms with Crippen LogP contribution in [0.15, 0.2) is 12.4 Å². The number of aryl methyl sites for hydroxylation is 1. The first-order valence-electron chi connectivity index (χ1n) is 6.55. The highest BCUT2D eigenvalue weighted by molar-refractivity contribution is 5.76. The Kier molecular flexibility index (Phi) is 4.21. The number of likely N-dealkylation sites (tertiary alicyclic amines) is 1. The lowest BCUT2D eigenvalue weighted by molar-refractivity contribution is -0.131. The average Bonchev–Trinajstić information content (AvgIpc) is 2.96. The number of imidazole rings is 1. The highest BCUT2D eigenvalue weighted by Crippen LogP contribution is 2.20. The maximum atomic E-state index is 12.3. The molecule has 1 aliphatic heterocycles. The fraction of sp³-hybridized carbons (Fsp3) is 0.692. The number of nitrogens with zero attached hydrogens (tertiary/aromatic N) is 4. The predicted octanol–water partition coefficient (Wildman–Crippen LogP) is -0.428. The molecule has 0 aromatic carbocycles. The fourth-order valence-corrected chi connectivity index (χ4v) is 2.64. The van der Waals surface area contributed by atoms with Crippen molar-refractivity contribution in [1.82, 2.24) is 19.4 Å². The lowest BCUT2D eigenvalue weighted by Crippen LogP contribution is -2.37. The fourth-order valence-electron chi connectivity index (χ4n) is 2.64. The Hall–Kier alpha value is -1.40. The Bertz CT molecular complexity index is 444. The summed E-state index contributed by atoms with van der Waals surface area (Å²) in [5.74, 6) is 1.07.